The van der Waals surface area contributed by atoms with Crippen LogP contribution in [0.1, 0.15) is 47.5 Å². The molecule has 1 heterocycles. The second-order valence-corrected chi connectivity index (χ2v) is 6.85. The lowest BCUT2D eigenvalue weighted by molar-refractivity contribution is -0.115. The first-order valence-electron chi connectivity index (χ1n) is 7.58. The van der Waals surface area contributed by atoms with Gasteiger partial charge in [0.1, 0.15) is 0 Å². The van der Waals surface area contributed by atoms with Gasteiger partial charge in [-0.25, -0.2) is 0 Å². The highest BCUT2D eigenvalue weighted by Crippen LogP contribution is 2.39. The number of nitrogens with one attached hydrogen (secondary N) is 2. The van der Waals surface area contributed by atoms with E-state index in [1.807, 2.05) is 31.2 Å². The maximum atomic E-state index is 11.5. The Morgan fingerprint density at radius 2 is 1.95 bits per heavy atom. The molecular formula is C17H26N2O2. The van der Waals surface area contributed by atoms with E-state index in [4.69, 9.17) is 4.74 Å². The molecule has 116 valence electrons. The van der Waals surface area contributed by atoms with Gasteiger partial charge in [-0.3, -0.25) is 4.79 Å². The van der Waals surface area contributed by atoms with E-state index in [2.05, 4.69) is 38.3 Å². The van der Waals surface area contributed by atoms with E-state index < -0.39 is 0 Å². The summed E-state index contributed by atoms with van der Waals surface area (Å²) >= 11 is 0. The van der Waals surface area contributed by atoms with Crippen molar-refractivity contribution >= 4 is 17.3 Å². The van der Waals surface area contributed by atoms with E-state index in [1.54, 1.807) is 0 Å². The number of anilines is 2. The SMILES string of the molecule is CCC(=O)Nc1cccc(NC2CC(C)(C)OC2(C)C)c1. The van der Waals surface area contributed by atoms with E-state index in [1.165, 1.54) is 0 Å². The highest BCUT2D eigenvalue weighted by Gasteiger charge is 2.45. The van der Waals surface area contributed by atoms with E-state index in [9.17, 15) is 4.79 Å². The molecule has 1 atom stereocenters. The highest BCUT2D eigenvalue weighted by atomic mass is 16.5. The van der Waals surface area contributed by atoms with Crippen molar-refractivity contribution in [3.63, 3.8) is 0 Å². The molecule has 4 nitrogen and oxygen atoms in total. The zero-order chi connectivity index (χ0) is 15.7. The maximum absolute atomic E-state index is 11.5. The molecule has 0 bridgehead atoms. The Morgan fingerprint density at radius 3 is 2.52 bits per heavy atom. The van der Waals surface area contributed by atoms with Crippen molar-refractivity contribution in [2.75, 3.05) is 10.6 Å². The summed E-state index contributed by atoms with van der Waals surface area (Å²) in [5, 5.41) is 6.43. The Kier molecular flexibility index (Phi) is 4.28. The fourth-order valence-corrected chi connectivity index (χ4v) is 2.92. The molecule has 4 heteroatoms. The van der Waals surface area contributed by atoms with Gasteiger partial charge in [0.25, 0.3) is 0 Å². The largest absolute Gasteiger partial charge is 0.379 e. The van der Waals surface area contributed by atoms with Crippen LogP contribution in [-0.2, 0) is 9.53 Å². The molecule has 21 heavy (non-hydrogen) atoms. The van der Waals surface area contributed by atoms with Crippen LogP contribution in [0.15, 0.2) is 24.3 Å². The molecule has 1 unspecified atom stereocenters. The molecule has 0 aromatic heterocycles. The van der Waals surface area contributed by atoms with Crippen molar-refractivity contribution in [3.05, 3.63) is 24.3 Å². The third-order valence-corrected chi connectivity index (χ3v) is 3.88. The number of amides is 1. The molecule has 1 aromatic carbocycles. The Balaban J connectivity index is 2.10. The van der Waals surface area contributed by atoms with Crippen molar-refractivity contribution in [2.45, 2.75) is 64.7 Å². The van der Waals surface area contributed by atoms with Crippen LogP contribution in [0.5, 0.6) is 0 Å². The summed E-state index contributed by atoms with van der Waals surface area (Å²) < 4.78 is 6.10. The number of carbonyl (C=O) groups is 1. The number of ether oxygens (including phenoxy) is 1. The third kappa shape index (κ3) is 3.97. The van der Waals surface area contributed by atoms with Gasteiger partial charge in [-0.1, -0.05) is 13.0 Å². The minimum Gasteiger partial charge on any atom is -0.379 e. The van der Waals surface area contributed by atoms with Crippen LogP contribution in [0.4, 0.5) is 11.4 Å². The molecular weight excluding hydrogens is 264 g/mol. The molecule has 2 N–H and O–H groups in total. The van der Waals surface area contributed by atoms with Crippen molar-refractivity contribution in [1.82, 2.24) is 0 Å². The van der Waals surface area contributed by atoms with Crippen LogP contribution in [0.2, 0.25) is 0 Å². The molecule has 1 fully saturated rings. The van der Waals surface area contributed by atoms with Gasteiger partial charge in [0.15, 0.2) is 0 Å². The molecule has 0 radical (unpaired) electrons. The average molecular weight is 290 g/mol. The number of hydrogen-bond donors (Lipinski definition) is 2. The Bertz CT molecular complexity index is 523. The second kappa shape index (κ2) is 5.68. The standard InChI is InChI=1S/C17H26N2O2/c1-6-15(20)19-13-9-7-8-12(10-13)18-14-11-16(2,3)21-17(14,4)5/h7-10,14,18H,6,11H2,1-5H3,(H,19,20). The van der Waals surface area contributed by atoms with Gasteiger partial charge in [0, 0.05) is 17.8 Å². The van der Waals surface area contributed by atoms with Crippen LogP contribution < -0.4 is 10.6 Å². The summed E-state index contributed by atoms with van der Waals surface area (Å²) in [6.45, 7) is 10.3. The van der Waals surface area contributed by atoms with Crippen LogP contribution in [0.3, 0.4) is 0 Å². The smallest absolute Gasteiger partial charge is 0.224 e. The molecule has 0 saturated carbocycles. The number of carbonyl (C=O) groups excluding carboxylic acids is 1. The van der Waals surface area contributed by atoms with Crippen LogP contribution in [0.25, 0.3) is 0 Å². The summed E-state index contributed by atoms with van der Waals surface area (Å²) in [4.78, 5) is 11.5. The Labute approximate surface area is 127 Å². The van der Waals surface area contributed by atoms with Gasteiger partial charge >= 0.3 is 0 Å². The van der Waals surface area contributed by atoms with Gasteiger partial charge < -0.3 is 15.4 Å². The number of hydrogen-bond acceptors (Lipinski definition) is 3. The van der Waals surface area contributed by atoms with Crippen LogP contribution in [0, 0.1) is 0 Å². The quantitative estimate of drug-likeness (QED) is 0.887. The molecule has 1 aromatic rings. The summed E-state index contributed by atoms with van der Waals surface area (Å²) in [6.07, 6.45) is 1.43. The van der Waals surface area contributed by atoms with E-state index in [0.717, 1.165) is 17.8 Å². The highest BCUT2D eigenvalue weighted by molar-refractivity contribution is 5.90. The molecule has 1 aliphatic rings. The van der Waals surface area contributed by atoms with Crippen LogP contribution >= 0.6 is 0 Å². The summed E-state index contributed by atoms with van der Waals surface area (Å²) in [7, 11) is 0. The fourth-order valence-electron chi connectivity index (χ4n) is 2.92. The van der Waals surface area contributed by atoms with Crippen molar-refractivity contribution in [2.24, 2.45) is 0 Å². The first-order valence-corrected chi connectivity index (χ1v) is 7.58. The predicted molar refractivity (Wildman–Crippen MR) is 86.6 cm³/mol. The Morgan fingerprint density at radius 1 is 1.29 bits per heavy atom. The number of rotatable bonds is 4. The predicted octanol–water partition coefficient (Wildman–Crippen LogP) is 3.79. The minimum atomic E-state index is -0.216. The van der Waals surface area contributed by atoms with Gasteiger partial charge in [0.05, 0.1) is 17.2 Å². The summed E-state index contributed by atoms with van der Waals surface area (Å²) in [5.74, 6) is 0.0258. The Hall–Kier alpha value is -1.55. The minimum absolute atomic E-state index is 0.0258. The van der Waals surface area contributed by atoms with Gasteiger partial charge in [-0.2, -0.15) is 0 Å². The van der Waals surface area contributed by atoms with Crippen molar-refractivity contribution in [3.8, 4) is 0 Å². The van der Waals surface area contributed by atoms with Crippen molar-refractivity contribution in [1.29, 1.82) is 0 Å². The number of benzene rings is 1. The normalized spacial score (nSPS) is 22.8. The zero-order valence-corrected chi connectivity index (χ0v) is 13.6. The van der Waals surface area contributed by atoms with E-state index >= 15 is 0 Å². The molecule has 0 aliphatic carbocycles. The lowest BCUT2D eigenvalue weighted by Gasteiger charge is -2.28. The second-order valence-electron chi connectivity index (χ2n) is 6.85. The fraction of sp³-hybridized carbons (Fsp3) is 0.588. The lowest BCUT2D eigenvalue weighted by Crippen LogP contribution is -2.38. The zero-order valence-electron chi connectivity index (χ0n) is 13.6. The van der Waals surface area contributed by atoms with Gasteiger partial charge in [-0.15, -0.1) is 0 Å². The molecule has 1 aliphatic heterocycles. The van der Waals surface area contributed by atoms with E-state index in [-0.39, 0.29) is 23.2 Å². The molecule has 0 spiro atoms. The summed E-state index contributed by atoms with van der Waals surface area (Å²) in [5.41, 5.74) is 1.49. The topological polar surface area (TPSA) is 50.4 Å². The maximum Gasteiger partial charge on any atom is 0.224 e. The average Bonchev–Trinajstić information content (AvgIpc) is 2.57. The third-order valence-electron chi connectivity index (χ3n) is 3.88. The lowest BCUT2D eigenvalue weighted by atomic mass is 9.94. The monoisotopic (exact) mass is 290 g/mol. The molecule has 1 saturated heterocycles. The first kappa shape index (κ1) is 15.8. The first-order chi connectivity index (χ1) is 9.72. The van der Waals surface area contributed by atoms with Crippen molar-refractivity contribution < 1.29 is 9.53 Å². The van der Waals surface area contributed by atoms with Gasteiger partial charge in [-0.05, 0) is 52.3 Å². The summed E-state index contributed by atoms with van der Waals surface area (Å²) in [6, 6.07) is 8.07. The van der Waals surface area contributed by atoms with Crippen LogP contribution in [-0.4, -0.2) is 23.2 Å². The van der Waals surface area contributed by atoms with Gasteiger partial charge in [0.2, 0.25) is 5.91 Å². The molecule has 1 amide bonds. The van der Waals surface area contributed by atoms with E-state index in [0.29, 0.717) is 6.42 Å². The molecule has 2 rings (SSSR count).